The molecule has 0 heterocycles. The van der Waals surface area contributed by atoms with Crippen LogP contribution in [0.4, 0.5) is 4.79 Å². The van der Waals surface area contributed by atoms with Gasteiger partial charge in [0.2, 0.25) is 0 Å². The zero-order valence-corrected chi connectivity index (χ0v) is 6.00. The van der Waals surface area contributed by atoms with Gasteiger partial charge in [0.1, 0.15) is 0 Å². The second-order valence-corrected chi connectivity index (χ2v) is 0.817. The van der Waals surface area contributed by atoms with Gasteiger partial charge in [-0.3, -0.25) is 0 Å². The molecule has 0 saturated carbocycles. The molecule has 0 aliphatic carbocycles. The summed E-state index contributed by atoms with van der Waals surface area (Å²) < 4.78 is 8.14. The molecule has 0 aromatic carbocycles. The minimum absolute atomic E-state index is 0. The Balaban J connectivity index is -0.0000000600. The quantitative estimate of drug-likeness (QED) is 0.330. The van der Waals surface area contributed by atoms with E-state index in [4.69, 9.17) is 5.11 Å². The van der Waals surface area contributed by atoms with Crippen molar-refractivity contribution < 1.29 is 22.2 Å². The Morgan fingerprint density at radius 1 is 1.88 bits per heavy atom. The maximum absolute atomic E-state index is 9.46. The summed E-state index contributed by atoms with van der Waals surface area (Å²) in [4.78, 5) is 9.46. The van der Waals surface area contributed by atoms with Crippen LogP contribution in [-0.2, 0) is 9.47 Å². The van der Waals surface area contributed by atoms with E-state index in [-0.39, 0.29) is 32.7 Å². The Labute approximate surface area is 65.9 Å². The number of carboxylic acid groups (broad SMARTS) is 1. The summed E-state index contributed by atoms with van der Waals surface area (Å²) in [6.45, 7) is -0.199. The largest absolute Gasteiger partial charge is 2.00 e. The van der Waals surface area contributed by atoms with Crippen LogP contribution in [0.3, 0.4) is 0 Å². The molecular formula is C3H8MgO4. The summed E-state index contributed by atoms with van der Waals surface area (Å²) in [5.41, 5.74) is 0. The molecule has 46 valence electrons. The molecule has 0 radical (unpaired) electrons. The third-order valence-electron chi connectivity index (χ3n) is 0.300. The fourth-order valence-corrected chi connectivity index (χ4v) is 0.109. The Morgan fingerprint density at radius 2 is 2.38 bits per heavy atom. The molecule has 5 heteroatoms. The third-order valence-corrected chi connectivity index (χ3v) is 0.300. The van der Waals surface area contributed by atoms with Crippen LogP contribution in [-0.4, -0.2) is 48.2 Å². The Kier molecular flexibility index (Phi) is 9.52. The van der Waals surface area contributed by atoms with Crippen LogP contribution in [0.1, 0.15) is 2.85 Å². The summed E-state index contributed by atoms with van der Waals surface area (Å²) in [5, 5.41) is 7.74. The van der Waals surface area contributed by atoms with Crippen molar-refractivity contribution in [1.29, 1.82) is 0 Å². The number of methoxy groups -OCH3 is 1. The van der Waals surface area contributed by atoms with Crippen molar-refractivity contribution in [3.8, 4) is 0 Å². The fraction of sp³-hybridized carbons (Fsp3) is 0.667. The normalized spacial score (nSPS) is 7.12. The average molecular weight is 132 g/mol. The van der Waals surface area contributed by atoms with Crippen LogP contribution in [0, 0.1) is 0 Å². The number of rotatable bonds is 2. The van der Waals surface area contributed by atoms with E-state index < -0.39 is 6.16 Å². The van der Waals surface area contributed by atoms with Gasteiger partial charge in [-0.25, -0.2) is 4.79 Å². The van der Waals surface area contributed by atoms with Gasteiger partial charge >= 0.3 is 29.2 Å². The van der Waals surface area contributed by atoms with Gasteiger partial charge in [-0.1, -0.05) is 0 Å². The second kappa shape index (κ2) is 7.00. The van der Waals surface area contributed by atoms with Gasteiger partial charge in [0, 0.05) is 7.11 Å². The molecule has 8 heavy (non-hydrogen) atoms. The van der Waals surface area contributed by atoms with Crippen LogP contribution < -0.4 is 0 Å². The van der Waals surface area contributed by atoms with Gasteiger partial charge in [0.05, 0.1) is 0 Å². The Bertz CT molecular complexity index is 71.5. The summed E-state index contributed by atoms with van der Waals surface area (Å²) in [5.74, 6) is 0. The van der Waals surface area contributed by atoms with E-state index in [0.29, 0.717) is 0 Å². The molecule has 0 rings (SSSR count). The number of ether oxygens (including phenoxy) is 2. The molecule has 0 atom stereocenters. The first-order valence-electron chi connectivity index (χ1n) is 1.62. The summed E-state index contributed by atoms with van der Waals surface area (Å²) in [6.07, 6.45) is -1.32. The van der Waals surface area contributed by atoms with Crippen molar-refractivity contribution in [2.24, 2.45) is 0 Å². The van der Waals surface area contributed by atoms with E-state index in [1.165, 1.54) is 7.11 Å². The molecular weight excluding hydrogens is 124 g/mol. The first-order valence-corrected chi connectivity index (χ1v) is 1.62. The van der Waals surface area contributed by atoms with Crippen LogP contribution >= 0.6 is 0 Å². The molecule has 0 aromatic rings. The summed E-state index contributed by atoms with van der Waals surface area (Å²) in [6, 6.07) is 0. The standard InChI is InChI=1S/C3H6O4.Mg.2H/c1-6-2-7-3(4)5;;;/h2H2,1H3,(H,4,5);;;/q;+2;2*-1. The van der Waals surface area contributed by atoms with Crippen LogP contribution in [0.2, 0.25) is 0 Å². The molecule has 0 aliphatic heterocycles. The molecule has 0 spiro atoms. The molecule has 4 nitrogen and oxygen atoms in total. The number of hydrogen-bond acceptors (Lipinski definition) is 3. The van der Waals surface area contributed by atoms with E-state index in [0.717, 1.165) is 0 Å². The number of hydrogen-bond donors (Lipinski definition) is 1. The maximum atomic E-state index is 9.46. The van der Waals surface area contributed by atoms with E-state index >= 15 is 0 Å². The molecule has 0 aromatic heterocycles. The first kappa shape index (κ1) is 10.9. The predicted molar refractivity (Wildman–Crippen MR) is 29.0 cm³/mol. The van der Waals surface area contributed by atoms with Gasteiger partial charge in [-0.15, -0.1) is 0 Å². The van der Waals surface area contributed by atoms with Gasteiger partial charge in [0.15, 0.2) is 6.79 Å². The zero-order valence-electron chi connectivity index (χ0n) is 6.59. The molecule has 0 unspecified atom stereocenters. The first-order chi connectivity index (χ1) is 3.27. The van der Waals surface area contributed by atoms with Crippen molar-refractivity contribution in [1.82, 2.24) is 0 Å². The molecule has 1 N–H and O–H groups in total. The molecule has 0 bridgehead atoms. The number of carbonyl (C=O) groups is 1. The SMILES string of the molecule is COCOC(=O)O.[H-].[H-].[Mg+2]. The average Bonchev–Trinajstić information content (AvgIpc) is 1.61. The topological polar surface area (TPSA) is 55.8 Å². The minimum atomic E-state index is -1.32. The molecule has 0 amide bonds. The Hall–Kier alpha value is -0.00377. The summed E-state index contributed by atoms with van der Waals surface area (Å²) >= 11 is 0. The van der Waals surface area contributed by atoms with Crippen molar-refractivity contribution in [2.45, 2.75) is 0 Å². The fourth-order valence-electron chi connectivity index (χ4n) is 0.109. The third kappa shape index (κ3) is 9.37. The van der Waals surface area contributed by atoms with Gasteiger partial charge < -0.3 is 17.4 Å². The smallest absolute Gasteiger partial charge is 1.00 e. The zero-order chi connectivity index (χ0) is 5.70. The molecule has 0 fully saturated rings. The van der Waals surface area contributed by atoms with E-state index in [2.05, 4.69) is 9.47 Å². The van der Waals surface area contributed by atoms with Crippen LogP contribution in [0.5, 0.6) is 0 Å². The van der Waals surface area contributed by atoms with Crippen LogP contribution in [0.25, 0.3) is 0 Å². The molecule has 0 saturated heterocycles. The van der Waals surface area contributed by atoms with Gasteiger partial charge in [-0.05, 0) is 0 Å². The van der Waals surface area contributed by atoms with Crippen molar-refractivity contribution >= 4 is 29.2 Å². The summed E-state index contributed by atoms with van der Waals surface area (Å²) in [7, 11) is 1.35. The van der Waals surface area contributed by atoms with E-state index in [1.807, 2.05) is 0 Å². The minimum Gasteiger partial charge on any atom is -1.00 e. The van der Waals surface area contributed by atoms with Crippen LogP contribution in [0.15, 0.2) is 0 Å². The molecule has 0 aliphatic rings. The Morgan fingerprint density at radius 3 is 2.50 bits per heavy atom. The van der Waals surface area contributed by atoms with Crippen molar-refractivity contribution in [2.75, 3.05) is 13.9 Å². The van der Waals surface area contributed by atoms with E-state index in [1.54, 1.807) is 0 Å². The maximum Gasteiger partial charge on any atom is 2.00 e. The van der Waals surface area contributed by atoms with Gasteiger partial charge in [0.25, 0.3) is 0 Å². The van der Waals surface area contributed by atoms with Crippen molar-refractivity contribution in [3.05, 3.63) is 0 Å². The second-order valence-electron chi connectivity index (χ2n) is 0.817. The van der Waals surface area contributed by atoms with Crippen molar-refractivity contribution in [3.63, 3.8) is 0 Å². The van der Waals surface area contributed by atoms with Gasteiger partial charge in [-0.2, -0.15) is 0 Å². The predicted octanol–water partition coefficient (Wildman–Crippen LogP) is 0.129. The van der Waals surface area contributed by atoms with E-state index in [9.17, 15) is 4.79 Å². The monoisotopic (exact) mass is 132 g/mol.